The Kier molecular flexibility index (Phi) is 3.29. The third-order valence-corrected chi connectivity index (χ3v) is 1.36. The Hall–Kier alpha value is -1.30. The molecule has 1 heterocycles. The third kappa shape index (κ3) is 4.08. The number of ether oxygens (including phenoxy) is 1. The Labute approximate surface area is 78.7 Å². The topological polar surface area (TPSA) is 48.1 Å². The van der Waals surface area contributed by atoms with Crippen molar-refractivity contribution >= 4 is 5.69 Å². The van der Waals surface area contributed by atoms with Gasteiger partial charge in [0.05, 0.1) is 24.2 Å². The van der Waals surface area contributed by atoms with Crippen molar-refractivity contribution in [1.82, 2.24) is 4.98 Å². The molecule has 0 fully saturated rings. The van der Waals surface area contributed by atoms with Crippen LogP contribution < -0.4 is 5.73 Å². The van der Waals surface area contributed by atoms with Gasteiger partial charge in [0.1, 0.15) is 6.61 Å². The summed E-state index contributed by atoms with van der Waals surface area (Å²) >= 11 is 0. The molecule has 0 saturated heterocycles. The first-order valence-corrected chi connectivity index (χ1v) is 3.82. The van der Waals surface area contributed by atoms with Gasteiger partial charge in [0.2, 0.25) is 0 Å². The van der Waals surface area contributed by atoms with Crippen molar-refractivity contribution in [3.8, 4) is 0 Å². The summed E-state index contributed by atoms with van der Waals surface area (Å²) in [7, 11) is 0. The maximum absolute atomic E-state index is 11.7. The number of hydrogen-bond acceptors (Lipinski definition) is 3. The van der Waals surface area contributed by atoms with E-state index in [9.17, 15) is 13.2 Å². The monoisotopic (exact) mass is 206 g/mol. The van der Waals surface area contributed by atoms with E-state index in [0.29, 0.717) is 11.4 Å². The molecule has 0 atom stereocenters. The van der Waals surface area contributed by atoms with E-state index < -0.39 is 12.8 Å². The summed E-state index contributed by atoms with van der Waals surface area (Å²) in [6.07, 6.45) is -2.93. The number of pyridine rings is 1. The van der Waals surface area contributed by atoms with E-state index in [-0.39, 0.29) is 6.61 Å². The van der Waals surface area contributed by atoms with Crippen LogP contribution in [-0.2, 0) is 11.3 Å². The van der Waals surface area contributed by atoms with E-state index in [0.717, 1.165) is 0 Å². The molecular formula is C8H9F3N2O. The summed E-state index contributed by atoms with van der Waals surface area (Å²) in [5.74, 6) is 0. The van der Waals surface area contributed by atoms with Crippen molar-refractivity contribution in [2.24, 2.45) is 0 Å². The number of rotatable bonds is 3. The van der Waals surface area contributed by atoms with E-state index >= 15 is 0 Å². The Morgan fingerprint density at radius 3 is 2.57 bits per heavy atom. The molecule has 0 unspecified atom stereocenters. The molecule has 0 amide bonds. The minimum atomic E-state index is -4.30. The first-order chi connectivity index (χ1) is 6.47. The van der Waals surface area contributed by atoms with Crippen LogP contribution in [0, 0.1) is 0 Å². The average molecular weight is 206 g/mol. The molecule has 0 spiro atoms. The summed E-state index contributed by atoms with van der Waals surface area (Å²) in [6, 6.07) is 3.07. The van der Waals surface area contributed by atoms with Crippen molar-refractivity contribution < 1.29 is 17.9 Å². The van der Waals surface area contributed by atoms with E-state index in [1.54, 1.807) is 6.07 Å². The first-order valence-electron chi connectivity index (χ1n) is 3.82. The summed E-state index contributed by atoms with van der Waals surface area (Å²) in [6.45, 7) is -1.43. The molecule has 1 aromatic heterocycles. The molecule has 78 valence electrons. The summed E-state index contributed by atoms with van der Waals surface area (Å²) < 4.78 is 39.4. The van der Waals surface area contributed by atoms with E-state index in [1.807, 2.05) is 0 Å². The largest absolute Gasteiger partial charge is 0.411 e. The van der Waals surface area contributed by atoms with Gasteiger partial charge in [-0.15, -0.1) is 0 Å². The van der Waals surface area contributed by atoms with E-state index in [4.69, 9.17) is 5.73 Å². The standard InChI is InChI=1S/C8H9F3N2O/c9-8(10,11)5-14-4-7-2-1-6(12)3-13-7/h1-3H,4-5,12H2. The Bertz CT molecular complexity index is 284. The van der Waals surface area contributed by atoms with Gasteiger partial charge in [-0.2, -0.15) is 13.2 Å². The molecule has 0 aromatic carbocycles. The lowest BCUT2D eigenvalue weighted by atomic mass is 10.3. The SMILES string of the molecule is Nc1ccc(COCC(F)(F)F)nc1. The highest BCUT2D eigenvalue weighted by Crippen LogP contribution is 2.15. The zero-order chi connectivity index (χ0) is 10.6. The zero-order valence-corrected chi connectivity index (χ0v) is 7.21. The van der Waals surface area contributed by atoms with Crippen LogP contribution in [0.2, 0.25) is 0 Å². The number of hydrogen-bond donors (Lipinski definition) is 1. The Morgan fingerprint density at radius 2 is 2.07 bits per heavy atom. The molecule has 0 aliphatic rings. The Balaban J connectivity index is 2.35. The number of halogens is 3. The lowest BCUT2D eigenvalue weighted by Gasteiger charge is -2.06. The summed E-state index contributed by atoms with van der Waals surface area (Å²) in [5.41, 5.74) is 6.22. The van der Waals surface area contributed by atoms with Crippen LogP contribution in [0.3, 0.4) is 0 Å². The van der Waals surface area contributed by atoms with Crippen LogP contribution in [0.4, 0.5) is 18.9 Å². The fraction of sp³-hybridized carbons (Fsp3) is 0.375. The molecule has 6 heteroatoms. The molecule has 3 nitrogen and oxygen atoms in total. The fourth-order valence-corrected chi connectivity index (χ4v) is 0.793. The van der Waals surface area contributed by atoms with Crippen molar-refractivity contribution in [2.75, 3.05) is 12.3 Å². The van der Waals surface area contributed by atoms with Crippen molar-refractivity contribution in [3.63, 3.8) is 0 Å². The number of nitrogens with two attached hydrogens (primary N) is 1. The van der Waals surface area contributed by atoms with Crippen LogP contribution in [0.25, 0.3) is 0 Å². The third-order valence-electron chi connectivity index (χ3n) is 1.36. The van der Waals surface area contributed by atoms with Crippen LogP contribution in [0.1, 0.15) is 5.69 Å². The number of anilines is 1. The maximum atomic E-state index is 11.7. The zero-order valence-electron chi connectivity index (χ0n) is 7.21. The second kappa shape index (κ2) is 4.28. The first kappa shape index (κ1) is 10.8. The molecule has 1 aromatic rings. The van der Waals surface area contributed by atoms with Gasteiger partial charge in [-0.05, 0) is 12.1 Å². The molecule has 0 aliphatic heterocycles. The molecular weight excluding hydrogens is 197 g/mol. The van der Waals surface area contributed by atoms with Crippen molar-refractivity contribution in [3.05, 3.63) is 24.0 Å². The highest BCUT2D eigenvalue weighted by Gasteiger charge is 2.27. The highest BCUT2D eigenvalue weighted by molar-refractivity contribution is 5.34. The molecule has 0 aliphatic carbocycles. The quantitative estimate of drug-likeness (QED) is 0.819. The predicted octanol–water partition coefficient (Wildman–Crippen LogP) is 1.74. The molecule has 14 heavy (non-hydrogen) atoms. The van der Waals surface area contributed by atoms with E-state index in [1.165, 1.54) is 12.3 Å². The number of aromatic nitrogens is 1. The van der Waals surface area contributed by atoms with Crippen LogP contribution in [0.15, 0.2) is 18.3 Å². The lowest BCUT2D eigenvalue weighted by molar-refractivity contribution is -0.176. The van der Waals surface area contributed by atoms with Gasteiger partial charge < -0.3 is 10.5 Å². The van der Waals surface area contributed by atoms with Gasteiger partial charge in [0, 0.05) is 0 Å². The van der Waals surface area contributed by atoms with Gasteiger partial charge in [0.15, 0.2) is 0 Å². The van der Waals surface area contributed by atoms with Crippen LogP contribution in [-0.4, -0.2) is 17.8 Å². The van der Waals surface area contributed by atoms with E-state index in [2.05, 4.69) is 9.72 Å². The average Bonchev–Trinajstić information content (AvgIpc) is 2.06. The number of alkyl halides is 3. The highest BCUT2D eigenvalue weighted by atomic mass is 19.4. The van der Waals surface area contributed by atoms with Gasteiger partial charge >= 0.3 is 6.18 Å². The van der Waals surface area contributed by atoms with Crippen LogP contribution >= 0.6 is 0 Å². The minimum absolute atomic E-state index is 0.167. The molecule has 0 saturated carbocycles. The maximum Gasteiger partial charge on any atom is 0.411 e. The summed E-state index contributed by atoms with van der Waals surface area (Å²) in [5, 5.41) is 0. The van der Waals surface area contributed by atoms with Gasteiger partial charge in [0.25, 0.3) is 0 Å². The van der Waals surface area contributed by atoms with Crippen molar-refractivity contribution in [1.29, 1.82) is 0 Å². The van der Waals surface area contributed by atoms with Crippen LogP contribution in [0.5, 0.6) is 0 Å². The van der Waals surface area contributed by atoms with Gasteiger partial charge in [-0.25, -0.2) is 0 Å². The van der Waals surface area contributed by atoms with Gasteiger partial charge in [-0.1, -0.05) is 0 Å². The second-order valence-corrected chi connectivity index (χ2v) is 2.69. The summed E-state index contributed by atoms with van der Waals surface area (Å²) in [4.78, 5) is 3.78. The minimum Gasteiger partial charge on any atom is -0.397 e. The van der Waals surface area contributed by atoms with Gasteiger partial charge in [-0.3, -0.25) is 4.98 Å². The number of nitrogen functional groups attached to an aromatic ring is 1. The molecule has 0 radical (unpaired) electrons. The normalized spacial score (nSPS) is 11.6. The predicted molar refractivity (Wildman–Crippen MR) is 44.4 cm³/mol. The van der Waals surface area contributed by atoms with Crippen molar-refractivity contribution in [2.45, 2.75) is 12.8 Å². The second-order valence-electron chi connectivity index (χ2n) is 2.69. The fourth-order valence-electron chi connectivity index (χ4n) is 0.793. The molecule has 1 rings (SSSR count). The molecule has 0 bridgehead atoms. The lowest BCUT2D eigenvalue weighted by Crippen LogP contribution is -2.16. The number of nitrogens with zero attached hydrogens (tertiary/aromatic N) is 1. The molecule has 2 N–H and O–H groups in total. The Morgan fingerprint density at radius 1 is 1.36 bits per heavy atom. The smallest absolute Gasteiger partial charge is 0.397 e.